The monoisotopic (exact) mass is 387 g/mol. The second-order valence-corrected chi connectivity index (χ2v) is 7.23. The summed E-state index contributed by atoms with van der Waals surface area (Å²) < 4.78 is 11.0. The van der Waals surface area contributed by atoms with Gasteiger partial charge >= 0.3 is 0 Å². The molecule has 3 heterocycles. The van der Waals surface area contributed by atoms with Crippen molar-refractivity contribution >= 4 is 23.2 Å². The molecule has 2 atom stereocenters. The summed E-state index contributed by atoms with van der Waals surface area (Å²) in [6.45, 7) is 4.74. The van der Waals surface area contributed by atoms with Crippen molar-refractivity contribution in [1.82, 2.24) is 9.91 Å². The molecule has 2 aliphatic rings. The van der Waals surface area contributed by atoms with Gasteiger partial charge in [-0.15, -0.1) is 0 Å². The summed E-state index contributed by atoms with van der Waals surface area (Å²) >= 11 is 6.00. The summed E-state index contributed by atoms with van der Waals surface area (Å²) in [6.07, 6.45) is 2.24. The van der Waals surface area contributed by atoms with E-state index in [1.54, 1.807) is 11.3 Å². The Morgan fingerprint density at radius 3 is 2.63 bits per heavy atom. The number of halogens is 1. The summed E-state index contributed by atoms with van der Waals surface area (Å²) in [4.78, 5) is 15.4. The lowest BCUT2D eigenvalue weighted by molar-refractivity contribution is -0.140. The minimum Gasteiger partial charge on any atom is -0.467 e. The fourth-order valence-electron chi connectivity index (χ4n) is 3.55. The van der Waals surface area contributed by atoms with Gasteiger partial charge in [0.2, 0.25) is 0 Å². The SMILES string of the molecule is C[C@H](C(=O)N1N=C(c2ccc(Cl)cc2)C[C@H]1c1ccco1)N1CCOCC1. The van der Waals surface area contributed by atoms with Crippen LogP contribution >= 0.6 is 11.6 Å². The fourth-order valence-corrected chi connectivity index (χ4v) is 3.67. The van der Waals surface area contributed by atoms with Gasteiger partial charge in [-0.05, 0) is 36.8 Å². The Hall–Kier alpha value is -2.15. The van der Waals surface area contributed by atoms with E-state index in [-0.39, 0.29) is 18.0 Å². The van der Waals surface area contributed by atoms with Crippen LogP contribution in [-0.4, -0.2) is 53.9 Å². The highest BCUT2D eigenvalue weighted by Crippen LogP contribution is 2.34. The highest BCUT2D eigenvalue weighted by atomic mass is 35.5. The van der Waals surface area contributed by atoms with Crippen LogP contribution in [0.3, 0.4) is 0 Å². The zero-order chi connectivity index (χ0) is 18.8. The molecule has 7 heteroatoms. The van der Waals surface area contributed by atoms with E-state index < -0.39 is 0 Å². The van der Waals surface area contributed by atoms with E-state index in [9.17, 15) is 4.79 Å². The van der Waals surface area contributed by atoms with Gasteiger partial charge in [0.15, 0.2) is 0 Å². The molecule has 27 heavy (non-hydrogen) atoms. The first kappa shape index (κ1) is 18.2. The molecule has 1 aromatic heterocycles. The van der Waals surface area contributed by atoms with Crippen molar-refractivity contribution in [2.45, 2.75) is 25.4 Å². The highest BCUT2D eigenvalue weighted by molar-refractivity contribution is 6.30. The van der Waals surface area contributed by atoms with E-state index in [4.69, 9.17) is 20.8 Å². The topological polar surface area (TPSA) is 58.3 Å². The van der Waals surface area contributed by atoms with E-state index in [0.29, 0.717) is 24.7 Å². The van der Waals surface area contributed by atoms with Crippen LogP contribution in [-0.2, 0) is 9.53 Å². The summed E-state index contributed by atoms with van der Waals surface area (Å²) in [5, 5.41) is 6.94. The van der Waals surface area contributed by atoms with Crippen molar-refractivity contribution in [2.24, 2.45) is 5.10 Å². The van der Waals surface area contributed by atoms with Crippen molar-refractivity contribution < 1.29 is 13.9 Å². The zero-order valence-corrected chi connectivity index (χ0v) is 15.9. The van der Waals surface area contributed by atoms with Crippen LogP contribution in [0.5, 0.6) is 0 Å². The number of amides is 1. The van der Waals surface area contributed by atoms with Gasteiger partial charge in [-0.2, -0.15) is 5.10 Å². The van der Waals surface area contributed by atoms with Crippen molar-refractivity contribution in [3.05, 3.63) is 59.0 Å². The summed E-state index contributed by atoms with van der Waals surface area (Å²) in [7, 11) is 0. The normalized spacial score (nSPS) is 21.9. The van der Waals surface area contributed by atoms with Gasteiger partial charge in [-0.3, -0.25) is 9.69 Å². The van der Waals surface area contributed by atoms with Crippen LogP contribution in [0.1, 0.15) is 30.7 Å². The molecule has 0 spiro atoms. The summed E-state index contributed by atoms with van der Waals surface area (Å²) in [5.41, 5.74) is 1.82. The molecule has 1 saturated heterocycles. The Morgan fingerprint density at radius 2 is 1.96 bits per heavy atom. The van der Waals surface area contributed by atoms with E-state index >= 15 is 0 Å². The predicted octanol–water partition coefficient (Wildman–Crippen LogP) is 3.33. The van der Waals surface area contributed by atoms with Crippen LogP contribution in [0.4, 0.5) is 0 Å². The highest BCUT2D eigenvalue weighted by Gasteiger charge is 2.38. The van der Waals surface area contributed by atoms with E-state index in [2.05, 4.69) is 10.0 Å². The predicted molar refractivity (Wildman–Crippen MR) is 103 cm³/mol. The van der Waals surface area contributed by atoms with Gasteiger partial charge in [0.25, 0.3) is 5.91 Å². The van der Waals surface area contributed by atoms with Gasteiger partial charge in [-0.1, -0.05) is 23.7 Å². The van der Waals surface area contributed by atoms with Crippen LogP contribution in [0.25, 0.3) is 0 Å². The van der Waals surface area contributed by atoms with Crippen LogP contribution in [0, 0.1) is 0 Å². The number of hydrogen-bond acceptors (Lipinski definition) is 5. The van der Waals surface area contributed by atoms with Crippen molar-refractivity contribution in [1.29, 1.82) is 0 Å². The molecule has 2 aromatic rings. The average molecular weight is 388 g/mol. The molecule has 4 rings (SSSR count). The lowest BCUT2D eigenvalue weighted by Crippen LogP contribution is -2.49. The number of carbonyl (C=O) groups excluding carboxylic acids is 1. The van der Waals surface area contributed by atoms with E-state index in [0.717, 1.165) is 30.1 Å². The molecule has 0 N–H and O–H groups in total. The van der Waals surface area contributed by atoms with Crippen molar-refractivity contribution in [3.8, 4) is 0 Å². The van der Waals surface area contributed by atoms with Gasteiger partial charge in [-0.25, -0.2) is 5.01 Å². The van der Waals surface area contributed by atoms with Crippen LogP contribution in [0.15, 0.2) is 52.2 Å². The zero-order valence-electron chi connectivity index (χ0n) is 15.2. The molecule has 0 saturated carbocycles. The number of carbonyl (C=O) groups is 1. The van der Waals surface area contributed by atoms with Gasteiger partial charge in [0, 0.05) is 24.5 Å². The first-order valence-electron chi connectivity index (χ1n) is 9.15. The van der Waals surface area contributed by atoms with Crippen molar-refractivity contribution in [3.63, 3.8) is 0 Å². The van der Waals surface area contributed by atoms with Crippen LogP contribution < -0.4 is 0 Å². The summed E-state index contributed by atoms with van der Waals surface area (Å²) in [6, 6.07) is 10.8. The molecule has 0 radical (unpaired) electrons. The number of hydrazone groups is 1. The third-order valence-electron chi connectivity index (χ3n) is 5.14. The number of benzene rings is 1. The quantitative estimate of drug-likeness (QED) is 0.807. The van der Waals surface area contributed by atoms with Gasteiger partial charge < -0.3 is 9.15 Å². The number of morpholine rings is 1. The standard InChI is InChI=1S/C20H22ClN3O3/c1-14(23-8-11-26-12-9-23)20(25)24-18(19-3-2-10-27-19)13-17(22-24)15-4-6-16(21)7-5-15/h2-7,10,14,18H,8-9,11-13H2,1H3/t14-,18+/m1/s1. The Kier molecular flexibility index (Phi) is 5.29. The lowest BCUT2D eigenvalue weighted by Gasteiger charge is -2.33. The smallest absolute Gasteiger partial charge is 0.260 e. The minimum atomic E-state index is -0.264. The first-order chi connectivity index (χ1) is 13.1. The molecule has 0 aliphatic carbocycles. The Morgan fingerprint density at radius 1 is 1.22 bits per heavy atom. The number of rotatable bonds is 4. The van der Waals surface area contributed by atoms with E-state index in [1.807, 2.05) is 43.3 Å². The fraction of sp³-hybridized carbons (Fsp3) is 0.400. The molecular formula is C20H22ClN3O3. The van der Waals surface area contributed by atoms with Crippen LogP contribution in [0.2, 0.25) is 5.02 Å². The largest absolute Gasteiger partial charge is 0.467 e. The molecule has 6 nitrogen and oxygen atoms in total. The molecule has 2 aliphatic heterocycles. The maximum absolute atomic E-state index is 13.3. The molecule has 1 amide bonds. The second kappa shape index (κ2) is 7.84. The third-order valence-corrected chi connectivity index (χ3v) is 5.39. The maximum Gasteiger partial charge on any atom is 0.260 e. The molecule has 142 valence electrons. The molecular weight excluding hydrogens is 366 g/mol. The number of hydrogen-bond donors (Lipinski definition) is 0. The Labute approximate surface area is 163 Å². The molecule has 0 unspecified atom stereocenters. The third kappa shape index (κ3) is 3.78. The maximum atomic E-state index is 13.3. The number of furan rings is 1. The van der Waals surface area contributed by atoms with Gasteiger partial charge in [0.05, 0.1) is 31.2 Å². The van der Waals surface area contributed by atoms with E-state index in [1.165, 1.54) is 0 Å². The average Bonchev–Trinajstić information content (AvgIpc) is 3.38. The van der Waals surface area contributed by atoms with Gasteiger partial charge in [0.1, 0.15) is 11.8 Å². The van der Waals surface area contributed by atoms with Crippen molar-refractivity contribution in [2.75, 3.05) is 26.3 Å². The number of nitrogens with zero attached hydrogens (tertiary/aromatic N) is 3. The molecule has 0 bridgehead atoms. The Bertz CT molecular complexity index is 814. The molecule has 1 aromatic carbocycles. The molecule has 1 fully saturated rings. The Balaban J connectivity index is 1.61. The second-order valence-electron chi connectivity index (χ2n) is 6.80. The summed E-state index contributed by atoms with van der Waals surface area (Å²) in [5.74, 6) is 0.715. The number of ether oxygens (including phenoxy) is 1. The minimum absolute atomic E-state index is 0.0257. The lowest BCUT2D eigenvalue weighted by atomic mass is 10.0. The first-order valence-corrected chi connectivity index (χ1v) is 9.53.